The fourth-order valence-corrected chi connectivity index (χ4v) is 2.41. The Morgan fingerprint density at radius 1 is 0.714 bits per heavy atom. The maximum Gasteiger partial charge on any atom is 0.352 e. The average Bonchev–Trinajstić information content (AvgIpc) is 2.70. The summed E-state index contributed by atoms with van der Waals surface area (Å²) in [5.74, 6) is -1.15. The van der Waals surface area contributed by atoms with Gasteiger partial charge in [0.2, 0.25) is 0 Å². The molecule has 0 bridgehead atoms. The smallest absolute Gasteiger partial charge is 0.352 e. The summed E-state index contributed by atoms with van der Waals surface area (Å²) in [6.45, 7) is 1.51. The van der Waals surface area contributed by atoms with Gasteiger partial charge in [-0.05, 0) is 79.7 Å². The Bertz CT molecular complexity index is 965. The average molecular weight is 382 g/mol. The van der Waals surface area contributed by atoms with Gasteiger partial charge in [0.25, 0.3) is 0 Å². The first-order valence-corrected chi connectivity index (χ1v) is 8.46. The molecule has 0 N–H and O–H groups in total. The first kappa shape index (κ1) is 19.2. The largest absolute Gasteiger partial charge is 0.479 e. The van der Waals surface area contributed by atoms with E-state index in [1.165, 1.54) is 79.7 Å². The molecule has 6 heteroatoms. The van der Waals surface area contributed by atoms with Gasteiger partial charge in [0, 0.05) is 11.1 Å². The highest BCUT2D eigenvalue weighted by atomic mass is 19.1. The third-order valence-electron chi connectivity index (χ3n) is 3.90. The van der Waals surface area contributed by atoms with Crippen molar-refractivity contribution in [1.82, 2.24) is 0 Å². The van der Waals surface area contributed by atoms with Gasteiger partial charge in [-0.15, -0.1) is 0 Å². The Kier molecular flexibility index (Phi) is 5.79. The van der Waals surface area contributed by atoms with E-state index in [2.05, 4.69) is 0 Å². The maximum atomic E-state index is 13.0. The van der Waals surface area contributed by atoms with Gasteiger partial charge < -0.3 is 9.47 Å². The van der Waals surface area contributed by atoms with Crippen LogP contribution in [0.15, 0.2) is 72.8 Å². The zero-order chi connectivity index (χ0) is 20.1. The van der Waals surface area contributed by atoms with Crippen LogP contribution in [-0.2, 0) is 4.79 Å². The van der Waals surface area contributed by atoms with Crippen LogP contribution in [-0.4, -0.2) is 17.9 Å². The minimum Gasteiger partial charge on any atom is -0.479 e. The normalized spacial score (nSPS) is 11.5. The summed E-state index contributed by atoms with van der Waals surface area (Å²) in [6.07, 6.45) is -0.911. The quantitative estimate of drug-likeness (QED) is 0.356. The van der Waals surface area contributed by atoms with E-state index in [0.717, 1.165) is 0 Å². The molecule has 0 radical (unpaired) electrons. The zero-order valence-corrected chi connectivity index (χ0v) is 14.9. The lowest BCUT2D eigenvalue weighted by Crippen LogP contribution is -2.28. The predicted octanol–water partition coefficient (Wildman–Crippen LogP) is 4.57. The minimum atomic E-state index is -0.911. The Morgan fingerprint density at radius 2 is 1.14 bits per heavy atom. The van der Waals surface area contributed by atoms with Gasteiger partial charge in [-0.25, -0.2) is 13.6 Å². The highest BCUT2D eigenvalue weighted by molar-refractivity contribution is 6.09. The first-order valence-electron chi connectivity index (χ1n) is 8.46. The molecule has 0 fully saturated rings. The van der Waals surface area contributed by atoms with Crippen molar-refractivity contribution in [2.24, 2.45) is 0 Å². The van der Waals surface area contributed by atoms with Gasteiger partial charge in [-0.2, -0.15) is 0 Å². The Labute approximate surface area is 160 Å². The van der Waals surface area contributed by atoms with Crippen LogP contribution in [0, 0.1) is 11.6 Å². The molecule has 0 saturated carbocycles. The Balaban J connectivity index is 1.61. The van der Waals surface area contributed by atoms with Crippen molar-refractivity contribution in [2.45, 2.75) is 13.0 Å². The van der Waals surface area contributed by atoms with Crippen LogP contribution < -0.4 is 9.47 Å². The van der Waals surface area contributed by atoms with E-state index >= 15 is 0 Å². The van der Waals surface area contributed by atoms with Crippen molar-refractivity contribution in [3.63, 3.8) is 0 Å². The molecule has 1 atom stereocenters. The summed E-state index contributed by atoms with van der Waals surface area (Å²) in [5.41, 5.74) is 0.731. The van der Waals surface area contributed by atoms with Crippen LogP contribution in [0.1, 0.15) is 22.8 Å². The van der Waals surface area contributed by atoms with Crippen LogP contribution in [0.4, 0.5) is 8.78 Å². The second-order valence-electron chi connectivity index (χ2n) is 6.00. The fraction of sp³-hybridized carbons (Fsp3) is 0.0909. The molecule has 0 unspecified atom stereocenters. The van der Waals surface area contributed by atoms with Gasteiger partial charge in [-0.1, -0.05) is 0 Å². The van der Waals surface area contributed by atoms with E-state index in [9.17, 15) is 18.4 Å². The van der Waals surface area contributed by atoms with Crippen molar-refractivity contribution in [1.29, 1.82) is 0 Å². The van der Waals surface area contributed by atoms with Gasteiger partial charge >= 0.3 is 5.97 Å². The molecule has 28 heavy (non-hydrogen) atoms. The number of hydrogen-bond donors (Lipinski definition) is 0. The molecule has 0 saturated heterocycles. The molecule has 0 spiro atoms. The van der Waals surface area contributed by atoms with Gasteiger partial charge in [0.1, 0.15) is 23.1 Å². The zero-order valence-electron chi connectivity index (χ0n) is 14.9. The molecule has 3 aromatic rings. The SMILES string of the molecule is C[C@H](Oc1ccc(F)cc1)C(=O)Oc1ccc(C(=O)c2ccc(F)cc2)cc1. The highest BCUT2D eigenvalue weighted by Crippen LogP contribution is 2.18. The number of esters is 1. The first-order chi connectivity index (χ1) is 13.4. The number of ether oxygens (including phenoxy) is 2. The Hall–Kier alpha value is -3.54. The standard InChI is InChI=1S/C22H16F2O4/c1-14(27-19-12-8-18(24)9-13-19)22(26)28-20-10-4-16(5-11-20)21(25)15-2-6-17(23)7-3-15/h2-14H,1H3/t14-/m0/s1. The topological polar surface area (TPSA) is 52.6 Å². The van der Waals surface area contributed by atoms with Crippen LogP contribution in [0.25, 0.3) is 0 Å². The van der Waals surface area contributed by atoms with Gasteiger partial charge in [-0.3, -0.25) is 4.79 Å². The van der Waals surface area contributed by atoms with E-state index in [0.29, 0.717) is 16.9 Å². The number of carbonyl (C=O) groups excluding carboxylic acids is 2. The molecule has 0 amide bonds. The summed E-state index contributed by atoms with van der Waals surface area (Å²) >= 11 is 0. The van der Waals surface area contributed by atoms with Crippen LogP contribution in [0.3, 0.4) is 0 Å². The summed E-state index contributed by atoms with van der Waals surface area (Å²) in [7, 11) is 0. The third kappa shape index (κ3) is 4.79. The van der Waals surface area contributed by atoms with Crippen molar-refractivity contribution >= 4 is 11.8 Å². The summed E-state index contributed by atoms with van der Waals surface area (Å²) in [6, 6.07) is 16.5. The molecule has 0 heterocycles. The van der Waals surface area contributed by atoms with Crippen LogP contribution in [0.5, 0.6) is 11.5 Å². The maximum absolute atomic E-state index is 13.0. The van der Waals surface area contributed by atoms with E-state index in [-0.39, 0.29) is 11.5 Å². The molecule has 4 nitrogen and oxygen atoms in total. The van der Waals surface area contributed by atoms with Crippen LogP contribution >= 0.6 is 0 Å². The molecular weight excluding hydrogens is 366 g/mol. The number of benzene rings is 3. The van der Waals surface area contributed by atoms with E-state index < -0.39 is 23.7 Å². The molecule has 142 valence electrons. The second kappa shape index (κ2) is 8.43. The second-order valence-corrected chi connectivity index (χ2v) is 6.00. The third-order valence-corrected chi connectivity index (χ3v) is 3.90. The fourth-order valence-electron chi connectivity index (χ4n) is 2.41. The summed E-state index contributed by atoms with van der Waals surface area (Å²) in [4.78, 5) is 24.5. The van der Waals surface area contributed by atoms with Crippen molar-refractivity contribution in [3.8, 4) is 11.5 Å². The minimum absolute atomic E-state index is 0.246. The predicted molar refractivity (Wildman–Crippen MR) is 98.4 cm³/mol. The highest BCUT2D eigenvalue weighted by Gasteiger charge is 2.18. The lowest BCUT2D eigenvalue weighted by molar-refractivity contribution is -0.141. The molecular formula is C22H16F2O4. The number of halogens is 2. The summed E-state index contributed by atoms with van der Waals surface area (Å²) < 4.78 is 36.5. The van der Waals surface area contributed by atoms with Crippen molar-refractivity contribution < 1.29 is 27.8 Å². The number of hydrogen-bond acceptors (Lipinski definition) is 4. The van der Waals surface area contributed by atoms with E-state index in [1.54, 1.807) is 0 Å². The molecule has 0 aromatic heterocycles. The van der Waals surface area contributed by atoms with Crippen molar-refractivity contribution in [3.05, 3.63) is 95.6 Å². The molecule has 0 aliphatic rings. The molecule has 0 aliphatic carbocycles. The lowest BCUT2D eigenvalue weighted by Gasteiger charge is -2.14. The number of rotatable bonds is 6. The number of ketones is 1. The molecule has 0 aliphatic heterocycles. The van der Waals surface area contributed by atoms with E-state index in [4.69, 9.17) is 9.47 Å². The van der Waals surface area contributed by atoms with Gasteiger partial charge in [0.05, 0.1) is 0 Å². The Morgan fingerprint density at radius 3 is 1.68 bits per heavy atom. The number of carbonyl (C=O) groups is 2. The van der Waals surface area contributed by atoms with Gasteiger partial charge in [0.15, 0.2) is 11.9 Å². The van der Waals surface area contributed by atoms with Crippen LogP contribution in [0.2, 0.25) is 0 Å². The van der Waals surface area contributed by atoms with Crippen molar-refractivity contribution in [2.75, 3.05) is 0 Å². The lowest BCUT2D eigenvalue weighted by atomic mass is 10.0. The molecule has 3 rings (SSSR count). The summed E-state index contributed by atoms with van der Waals surface area (Å²) in [5, 5.41) is 0. The molecule has 3 aromatic carbocycles. The van der Waals surface area contributed by atoms with E-state index in [1.807, 2.05) is 0 Å². The monoisotopic (exact) mass is 382 g/mol.